The van der Waals surface area contributed by atoms with Crippen LogP contribution in [0.4, 0.5) is 0 Å². The lowest BCUT2D eigenvalue weighted by Crippen LogP contribution is -2.09. The standard InChI is InChI=1S/C27H25NO4/c1-17(29)27-24-10-9-21(15-22(24)16-28-27)20-7-4-18(5-8-20)12-23(30)13-19-6-11-25(31-2)26(14-19)32-3/h4-11,14-15H,12-13,16H2,1-3H3. The Hall–Kier alpha value is -3.73. The number of hydrogen-bond donors (Lipinski definition) is 0. The van der Waals surface area contributed by atoms with Gasteiger partial charge in [0.15, 0.2) is 17.3 Å². The highest BCUT2D eigenvalue weighted by atomic mass is 16.5. The SMILES string of the molecule is COc1ccc(CC(=O)Cc2ccc(-c3ccc4c(c3)CN=C4C(C)=O)cc2)cc1OC. The number of benzene rings is 3. The van der Waals surface area contributed by atoms with E-state index in [1.807, 2.05) is 54.6 Å². The van der Waals surface area contributed by atoms with Crippen LogP contribution in [0, 0.1) is 0 Å². The number of carbonyl (C=O) groups is 2. The average molecular weight is 428 g/mol. The minimum absolute atomic E-state index is 0.00129. The molecule has 3 aromatic carbocycles. The van der Waals surface area contributed by atoms with Crippen LogP contribution in [0.3, 0.4) is 0 Å². The molecular weight excluding hydrogens is 402 g/mol. The largest absolute Gasteiger partial charge is 0.493 e. The summed E-state index contributed by atoms with van der Waals surface area (Å²) < 4.78 is 10.6. The van der Waals surface area contributed by atoms with Crippen molar-refractivity contribution in [2.24, 2.45) is 4.99 Å². The molecule has 5 nitrogen and oxygen atoms in total. The molecule has 0 saturated heterocycles. The van der Waals surface area contributed by atoms with E-state index in [0.29, 0.717) is 36.6 Å². The Morgan fingerprint density at radius 3 is 2.16 bits per heavy atom. The second-order valence-corrected chi connectivity index (χ2v) is 7.87. The molecule has 3 aromatic rings. The molecule has 0 radical (unpaired) electrons. The number of ketones is 2. The molecule has 1 heterocycles. The maximum atomic E-state index is 12.6. The minimum atomic E-state index is -0.00129. The highest BCUT2D eigenvalue weighted by molar-refractivity contribution is 6.46. The zero-order chi connectivity index (χ0) is 22.7. The predicted molar refractivity (Wildman–Crippen MR) is 125 cm³/mol. The zero-order valence-electron chi connectivity index (χ0n) is 18.5. The average Bonchev–Trinajstić information content (AvgIpc) is 3.23. The number of nitrogens with zero attached hydrogens (tertiary/aromatic N) is 1. The number of hydrogen-bond acceptors (Lipinski definition) is 5. The summed E-state index contributed by atoms with van der Waals surface area (Å²) in [4.78, 5) is 28.6. The van der Waals surface area contributed by atoms with Crippen LogP contribution in [-0.2, 0) is 29.0 Å². The van der Waals surface area contributed by atoms with Crippen LogP contribution in [0.15, 0.2) is 65.7 Å². The summed E-state index contributed by atoms with van der Waals surface area (Å²) >= 11 is 0. The molecule has 0 aromatic heterocycles. The van der Waals surface area contributed by atoms with Gasteiger partial charge in [0.2, 0.25) is 0 Å². The third-order valence-electron chi connectivity index (χ3n) is 5.64. The zero-order valence-corrected chi connectivity index (χ0v) is 18.5. The fraction of sp³-hybridized carbons (Fsp3) is 0.222. The van der Waals surface area contributed by atoms with Crippen LogP contribution in [-0.4, -0.2) is 31.5 Å². The molecule has 0 N–H and O–H groups in total. The molecule has 0 spiro atoms. The third-order valence-corrected chi connectivity index (χ3v) is 5.64. The van der Waals surface area contributed by atoms with Gasteiger partial charge in [0, 0.05) is 25.3 Å². The molecule has 5 heteroatoms. The van der Waals surface area contributed by atoms with E-state index in [2.05, 4.69) is 11.1 Å². The molecular formula is C27H25NO4. The van der Waals surface area contributed by atoms with Gasteiger partial charge in [-0.1, -0.05) is 42.5 Å². The van der Waals surface area contributed by atoms with Gasteiger partial charge in [-0.15, -0.1) is 0 Å². The van der Waals surface area contributed by atoms with E-state index < -0.39 is 0 Å². The van der Waals surface area contributed by atoms with E-state index in [4.69, 9.17) is 9.47 Å². The molecule has 0 unspecified atom stereocenters. The Bertz CT molecular complexity index is 1210. The van der Waals surface area contributed by atoms with Gasteiger partial charge in [-0.2, -0.15) is 0 Å². The molecule has 0 bridgehead atoms. The maximum Gasteiger partial charge on any atom is 0.178 e. The Morgan fingerprint density at radius 1 is 0.812 bits per heavy atom. The van der Waals surface area contributed by atoms with Crippen LogP contribution in [0.1, 0.15) is 29.2 Å². The molecule has 0 saturated carbocycles. The number of methoxy groups -OCH3 is 2. The van der Waals surface area contributed by atoms with Gasteiger partial charge in [-0.05, 0) is 46.0 Å². The molecule has 4 rings (SSSR count). The lowest BCUT2D eigenvalue weighted by atomic mass is 9.96. The van der Waals surface area contributed by atoms with E-state index in [-0.39, 0.29) is 11.6 Å². The van der Waals surface area contributed by atoms with Gasteiger partial charge in [-0.25, -0.2) is 0 Å². The van der Waals surface area contributed by atoms with Crippen molar-refractivity contribution in [3.8, 4) is 22.6 Å². The van der Waals surface area contributed by atoms with Crippen molar-refractivity contribution in [2.75, 3.05) is 14.2 Å². The third kappa shape index (κ3) is 4.47. The Morgan fingerprint density at radius 2 is 1.47 bits per heavy atom. The highest BCUT2D eigenvalue weighted by Crippen LogP contribution is 2.29. The molecule has 0 aliphatic carbocycles. The first-order valence-corrected chi connectivity index (χ1v) is 10.5. The van der Waals surface area contributed by atoms with Crippen LogP contribution in [0.5, 0.6) is 11.5 Å². The second kappa shape index (κ2) is 9.18. The smallest absolute Gasteiger partial charge is 0.178 e. The van der Waals surface area contributed by atoms with Gasteiger partial charge in [-0.3, -0.25) is 14.6 Å². The van der Waals surface area contributed by atoms with E-state index in [1.54, 1.807) is 21.1 Å². The minimum Gasteiger partial charge on any atom is -0.493 e. The quantitative estimate of drug-likeness (QED) is 0.526. The first kappa shape index (κ1) is 21.5. The molecule has 0 amide bonds. The van der Waals surface area contributed by atoms with E-state index in [9.17, 15) is 9.59 Å². The van der Waals surface area contributed by atoms with Crippen LogP contribution < -0.4 is 9.47 Å². The summed E-state index contributed by atoms with van der Waals surface area (Å²) in [7, 11) is 3.17. The molecule has 0 atom stereocenters. The number of carbonyl (C=O) groups excluding carboxylic acids is 2. The monoisotopic (exact) mass is 427 g/mol. The van der Waals surface area contributed by atoms with E-state index in [1.165, 1.54) is 0 Å². The predicted octanol–water partition coefficient (Wildman–Crippen LogP) is 4.62. The second-order valence-electron chi connectivity index (χ2n) is 7.87. The Labute approximate surface area is 187 Å². The summed E-state index contributed by atoms with van der Waals surface area (Å²) in [6.45, 7) is 2.09. The number of rotatable bonds is 8. The first-order chi connectivity index (χ1) is 15.5. The number of fused-ring (bicyclic) bond motifs is 1. The number of ether oxygens (including phenoxy) is 2. The molecule has 1 aliphatic rings. The summed E-state index contributed by atoms with van der Waals surface area (Å²) in [6, 6.07) is 19.7. The Kier molecular flexibility index (Phi) is 6.17. The lowest BCUT2D eigenvalue weighted by Gasteiger charge is -2.10. The maximum absolute atomic E-state index is 12.6. The van der Waals surface area contributed by atoms with Crippen molar-refractivity contribution >= 4 is 17.3 Å². The van der Waals surface area contributed by atoms with Crippen LogP contribution in [0.25, 0.3) is 11.1 Å². The van der Waals surface area contributed by atoms with Crippen molar-refractivity contribution in [1.29, 1.82) is 0 Å². The van der Waals surface area contributed by atoms with Gasteiger partial charge in [0.1, 0.15) is 11.5 Å². The highest BCUT2D eigenvalue weighted by Gasteiger charge is 2.19. The van der Waals surface area contributed by atoms with Crippen molar-refractivity contribution in [1.82, 2.24) is 0 Å². The van der Waals surface area contributed by atoms with Crippen LogP contribution >= 0.6 is 0 Å². The summed E-state index contributed by atoms with van der Waals surface area (Å²) in [5, 5.41) is 0. The van der Waals surface area contributed by atoms with Crippen molar-refractivity contribution < 1.29 is 19.1 Å². The van der Waals surface area contributed by atoms with E-state index in [0.717, 1.165) is 33.4 Å². The van der Waals surface area contributed by atoms with Gasteiger partial charge in [0.05, 0.1) is 20.8 Å². The van der Waals surface area contributed by atoms with Crippen molar-refractivity contribution in [3.05, 3.63) is 82.9 Å². The first-order valence-electron chi connectivity index (χ1n) is 10.5. The summed E-state index contributed by atoms with van der Waals surface area (Å²) in [6.07, 6.45) is 0.708. The van der Waals surface area contributed by atoms with Crippen LogP contribution in [0.2, 0.25) is 0 Å². The lowest BCUT2D eigenvalue weighted by molar-refractivity contribution is -0.117. The molecule has 1 aliphatic heterocycles. The van der Waals surface area contributed by atoms with Gasteiger partial charge >= 0.3 is 0 Å². The number of Topliss-reactive ketones (excluding diaryl/α,β-unsaturated/α-hetero) is 2. The van der Waals surface area contributed by atoms with Crippen molar-refractivity contribution in [2.45, 2.75) is 26.3 Å². The fourth-order valence-electron chi connectivity index (χ4n) is 4.01. The summed E-state index contributed by atoms with van der Waals surface area (Å²) in [5.74, 6) is 1.40. The normalized spacial score (nSPS) is 12.2. The molecule has 0 fully saturated rings. The topological polar surface area (TPSA) is 65.0 Å². The van der Waals surface area contributed by atoms with Gasteiger partial charge in [0.25, 0.3) is 0 Å². The van der Waals surface area contributed by atoms with E-state index >= 15 is 0 Å². The van der Waals surface area contributed by atoms with Crippen molar-refractivity contribution in [3.63, 3.8) is 0 Å². The fourth-order valence-corrected chi connectivity index (χ4v) is 4.01. The number of aliphatic imine (C=N–C) groups is 1. The molecule has 32 heavy (non-hydrogen) atoms. The van der Waals surface area contributed by atoms with Gasteiger partial charge < -0.3 is 9.47 Å². The molecule has 162 valence electrons. The summed E-state index contributed by atoms with van der Waals surface area (Å²) in [5.41, 5.74) is 6.58. The Balaban J connectivity index is 1.42.